The molecule has 17 heavy (non-hydrogen) atoms. The molecule has 0 bridgehead atoms. The Bertz CT molecular complexity index is 398. The van der Waals surface area contributed by atoms with E-state index in [4.69, 9.17) is 4.74 Å². The molecule has 0 radical (unpaired) electrons. The summed E-state index contributed by atoms with van der Waals surface area (Å²) in [6, 6.07) is 0. The Morgan fingerprint density at radius 1 is 1.59 bits per heavy atom. The first kappa shape index (κ1) is 12.0. The molecule has 0 amide bonds. The van der Waals surface area contributed by atoms with Crippen molar-refractivity contribution in [3.8, 4) is 0 Å². The second-order valence-corrected chi connectivity index (χ2v) is 4.30. The van der Waals surface area contributed by atoms with Gasteiger partial charge in [0.15, 0.2) is 0 Å². The number of piperidine rings is 1. The molecule has 7 heteroatoms. The van der Waals surface area contributed by atoms with E-state index in [1.54, 1.807) is 7.11 Å². The van der Waals surface area contributed by atoms with E-state index >= 15 is 0 Å². The third-order valence-corrected chi connectivity index (χ3v) is 3.34. The van der Waals surface area contributed by atoms with Gasteiger partial charge in [-0.25, -0.2) is 0 Å². The largest absolute Gasteiger partial charge is 0.378 e. The predicted molar refractivity (Wildman–Crippen MR) is 60.8 cm³/mol. The van der Waals surface area contributed by atoms with Crippen molar-refractivity contribution in [2.45, 2.75) is 24.9 Å². The van der Waals surface area contributed by atoms with Gasteiger partial charge in [0.2, 0.25) is 0 Å². The van der Waals surface area contributed by atoms with Crippen LogP contribution in [0.3, 0.4) is 0 Å². The Hall–Kier alpha value is -1.47. The predicted octanol–water partition coefficient (Wildman–Crippen LogP) is 0.629. The van der Waals surface area contributed by atoms with E-state index in [1.807, 2.05) is 0 Å². The molecule has 1 aliphatic rings. The fourth-order valence-corrected chi connectivity index (χ4v) is 2.25. The van der Waals surface area contributed by atoms with E-state index in [9.17, 15) is 10.1 Å². The van der Waals surface area contributed by atoms with Gasteiger partial charge < -0.3 is 10.1 Å². The van der Waals surface area contributed by atoms with Crippen molar-refractivity contribution >= 4 is 5.69 Å². The van der Waals surface area contributed by atoms with Gasteiger partial charge >= 0.3 is 5.69 Å². The van der Waals surface area contributed by atoms with E-state index in [0.29, 0.717) is 12.1 Å². The maximum Gasteiger partial charge on any atom is 0.309 e. The topological polar surface area (TPSA) is 93.1 Å². The van der Waals surface area contributed by atoms with Gasteiger partial charge in [0.05, 0.1) is 10.5 Å². The number of hydrogen-bond donors (Lipinski definition) is 2. The van der Waals surface area contributed by atoms with E-state index in [-0.39, 0.29) is 11.3 Å². The number of aromatic nitrogens is 2. The van der Waals surface area contributed by atoms with Crippen LogP contribution < -0.4 is 5.32 Å². The molecule has 2 heterocycles. The van der Waals surface area contributed by atoms with Gasteiger partial charge in [-0.15, -0.1) is 0 Å². The molecule has 0 aromatic carbocycles. The van der Waals surface area contributed by atoms with E-state index < -0.39 is 4.92 Å². The fourth-order valence-electron chi connectivity index (χ4n) is 2.25. The van der Waals surface area contributed by atoms with Gasteiger partial charge in [-0.05, 0) is 25.9 Å². The molecule has 0 unspecified atom stereocenters. The van der Waals surface area contributed by atoms with Crippen LogP contribution in [0.1, 0.15) is 18.5 Å². The number of methoxy groups -OCH3 is 1. The van der Waals surface area contributed by atoms with Crippen molar-refractivity contribution in [2.75, 3.05) is 20.2 Å². The summed E-state index contributed by atoms with van der Waals surface area (Å²) < 4.78 is 5.58. The van der Waals surface area contributed by atoms with Crippen LogP contribution in [0.4, 0.5) is 5.69 Å². The summed E-state index contributed by atoms with van der Waals surface area (Å²) in [4.78, 5) is 10.4. The number of H-pyrrole nitrogens is 1. The zero-order valence-electron chi connectivity index (χ0n) is 9.73. The van der Waals surface area contributed by atoms with Crippen LogP contribution in [0.5, 0.6) is 0 Å². The smallest absolute Gasteiger partial charge is 0.309 e. The molecular formula is C10H16N4O3. The molecule has 1 saturated heterocycles. The van der Waals surface area contributed by atoms with Gasteiger partial charge in [-0.3, -0.25) is 15.2 Å². The summed E-state index contributed by atoms with van der Waals surface area (Å²) in [6.45, 7) is 1.74. The molecule has 1 aromatic heterocycles. The molecule has 0 atom stereocenters. The van der Waals surface area contributed by atoms with Crippen molar-refractivity contribution in [2.24, 2.45) is 0 Å². The molecule has 0 spiro atoms. The number of nitrogens with zero attached hydrogens (tertiary/aromatic N) is 2. The second kappa shape index (κ2) is 4.80. The molecule has 2 N–H and O–H groups in total. The summed E-state index contributed by atoms with van der Waals surface area (Å²) in [5.74, 6) is 0. The lowest BCUT2D eigenvalue weighted by Gasteiger charge is -2.35. The van der Waals surface area contributed by atoms with Crippen molar-refractivity contribution in [1.82, 2.24) is 15.5 Å². The van der Waals surface area contributed by atoms with Crippen molar-refractivity contribution in [3.63, 3.8) is 0 Å². The Balaban J connectivity index is 2.17. The number of aromatic amines is 1. The Morgan fingerprint density at radius 2 is 2.29 bits per heavy atom. The summed E-state index contributed by atoms with van der Waals surface area (Å²) in [5.41, 5.74) is 0.265. The number of nitro groups is 1. The van der Waals surface area contributed by atoms with Crippen LogP contribution in [-0.2, 0) is 11.2 Å². The second-order valence-electron chi connectivity index (χ2n) is 4.30. The summed E-state index contributed by atoms with van der Waals surface area (Å²) in [7, 11) is 1.66. The lowest BCUT2D eigenvalue weighted by Crippen LogP contribution is -2.45. The summed E-state index contributed by atoms with van der Waals surface area (Å²) in [5, 5.41) is 20.5. The number of rotatable bonds is 4. The van der Waals surface area contributed by atoms with Gasteiger partial charge in [0.25, 0.3) is 0 Å². The van der Waals surface area contributed by atoms with Gasteiger partial charge in [-0.1, -0.05) is 0 Å². The number of nitrogens with one attached hydrogen (secondary N) is 2. The van der Waals surface area contributed by atoms with Gasteiger partial charge in [0, 0.05) is 13.5 Å². The molecular weight excluding hydrogens is 224 g/mol. The minimum absolute atomic E-state index is 0.0416. The van der Waals surface area contributed by atoms with Crippen molar-refractivity contribution < 1.29 is 9.66 Å². The highest BCUT2D eigenvalue weighted by atomic mass is 16.6. The zero-order chi connectivity index (χ0) is 12.3. The van der Waals surface area contributed by atoms with E-state index in [0.717, 1.165) is 25.9 Å². The monoisotopic (exact) mass is 240 g/mol. The third-order valence-electron chi connectivity index (χ3n) is 3.34. The first-order chi connectivity index (χ1) is 8.17. The minimum Gasteiger partial charge on any atom is -0.378 e. The first-order valence-corrected chi connectivity index (χ1v) is 5.59. The number of ether oxygens (including phenoxy) is 1. The molecule has 1 aromatic rings. The highest BCUT2D eigenvalue weighted by molar-refractivity contribution is 5.33. The normalized spacial score (nSPS) is 19.1. The maximum absolute atomic E-state index is 10.8. The third kappa shape index (κ3) is 2.45. The van der Waals surface area contributed by atoms with Crippen LogP contribution in [0.15, 0.2) is 6.20 Å². The minimum atomic E-state index is -0.413. The summed E-state index contributed by atoms with van der Waals surface area (Å²) in [6.07, 6.45) is 3.45. The van der Waals surface area contributed by atoms with E-state index in [2.05, 4.69) is 15.5 Å². The lowest BCUT2D eigenvalue weighted by molar-refractivity contribution is -0.385. The molecule has 0 saturated carbocycles. The Morgan fingerprint density at radius 3 is 2.88 bits per heavy atom. The zero-order valence-corrected chi connectivity index (χ0v) is 9.73. The van der Waals surface area contributed by atoms with Crippen molar-refractivity contribution in [1.29, 1.82) is 0 Å². The van der Waals surface area contributed by atoms with Crippen LogP contribution >= 0.6 is 0 Å². The van der Waals surface area contributed by atoms with Crippen LogP contribution in [0.25, 0.3) is 0 Å². The van der Waals surface area contributed by atoms with Crippen LogP contribution in [0.2, 0.25) is 0 Å². The molecule has 1 fully saturated rings. The Labute approximate surface area is 98.7 Å². The average molecular weight is 240 g/mol. The molecule has 7 nitrogen and oxygen atoms in total. The van der Waals surface area contributed by atoms with Gasteiger partial charge in [-0.2, -0.15) is 5.10 Å². The van der Waals surface area contributed by atoms with Gasteiger partial charge in [0.1, 0.15) is 11.9 Å². The molecule has 2 rings (SSSR count). The highest BCUT2D eigenvalue weighted by Gasteiger charge is 2.35. The molecule has 1 aliphatic heterocycles. The fraction of sp³-hybridized carbons (Fsp3) is 0.700. The van der Waals surface area contributed by atoms with E-state index in [1.165, 1.54) is 6.20 Å². The summed E-state index contributed by atoms with van der Waals surface area (Å²) >= 11 is 0. The SMILES string of the molecule is COC1(Cc2[nH]ncc2[N+](=O)[O-])CCNCC1. The maximum atomic E-state index is 10.8. The quantitative estimate of drug-likeness (QED) is 0.594. The average Bonchev–Trinajstić information content (AvgIpc) is 2.78. The van der Waals surface area contributed by atoms with Crippen LogP contribution in [-0.4, -0.2) is 40.9 Å². The highest BCUT2D eigenvalue weighted by Crippen LogP contribution is 2.29. The van der Waals surface area contributed by atoms with Crippen LogP contribution in [0, 0.1) is 10.1 Å². The standard InChI is InChI=1S/C10H16N4O3/c1-17-10(2-4-11-5-3-10)6-8-9(14(15)16)7-12-13-8/h7,11H,2-6H2,1H3,(H,12,13). The lowest BCUT2D eigenvalue weighted by atomic mass is 9.87. The molecule has 0 aliphatic carbocycles. The van der Waals surface area contributed by atoms with Crippen molar-refractivity contribution in [3.05, 3.63) is 22.0 Å². The first-order valence-electron chi connectivity index (χ1n) is 5.59. The Kier molecular flexibility index (Phi) is 3.39. The number of hydrogen-bond acceptors (Lipinski definition) is 5. The molecule has 94 valence electrons.